The fourth-order valence-corrected chi connectivity index (χ4v) is 4.76. The largest absolute Gasteiger partial charge is 0.359 e. The van der Waals surface area contributed by atoms with Gasteiger partial charge in [0.15, 0.2) is 0 Å². The molecule has 4 rings (SSSR count). The second-order valence-corrected chi connectivity index (χ2v) is 9.00. The second kappa shape index (κ2) is 10.2. The standard InChI is InChI=1S/C24H33N7O/c1-16(2)21-18(9-5-8-14-31-12-6-4-7-13-31)17(3)27-20(21)15-19-22(28-30-24(19)32)23-25-10-11-26-29-23/h10-11,15-16,27H,4-9,12-14H2,1-3H3,(H,30,32)/b19-15+. The van der Waals surface area contributed by atoms with Crippen molar-refractivity contribution < 1.29 is 4.79 Å². The minimum absolute atomic E-state index is 0.252. The van der Waals surface area contributed by atoms with Gasteiger partial charge in [0.2, 0.25) is 5.82 Å². The van der Waals surface area contributed by atoms with Crippen LogP contribution in [0.4, 0.5) is 0 Å². The van der Waals surface area contributed by atoms with Crippen molar-refractivity contribution in [2.45, 2.75) is 65.2 Å². The van der Waals surface area contributed by atoms with Gasteiger partial charge in [0.1, 0.15) is 5.71 Å². The topological polar surface area (TPSA) is 99.2 Å². The van der Waals surface area contributed by atoms with Crippen LogP contribution in [0.2, 0.25) is 0 Å². The maximum absolute atomic E-state index is 12.5. The Kier molecular flexibility index (Phi) is 7.09. The highest BCUT2D eigenvalue weighted by Crippen LogP contribution is 2.30. The van der Waals surface area contributed by atoms with Gasteiger partial charge in [0.05, 0.1) is 11.8 Å². The average molecular weight is 436 g/mol. The van der Waals surface area contributed by atoms with Crippen LogP contribution in [0.1, 0.15) is 80.2 Å². The van der Waals surface area contributed by atoms with Crippen LogP contribution < -0.4 is 5.43 Å². The van der Waals surface area contributed by atoms with Gasteiger partial charge < -0.3 is 9.88 Å². The number of nitrogens with one attached hydrogen (secondary N) is 2. The molecule has 8 nitrogen and oxygen atoms in total. The van der Waals surface area contributed by atoms with E-state index < -0.39 is 0 Å². The lowest BCUT2D eigenvalue weighted by molar-refractivity contribution is -0.116. The summed E-state index contributed by atoms with van der Waals surface area (Å²) in [6.07, 6.45) is 12.4. The van der Waals surface area contributed by atoms with E-state index in [9.17, 15) is 4.79 Å². The number of carbonyl (C=O) groups excluding carboxylic acids is 1. The lowest BCUT2D eigenvalue weighted by Gasteiger charge is -2.26. The maximum Gasteiger partial charge on any atom is 0.273 e. The molecular formula is C24H33N7O. The van der Waals surface area contributed by atoms with Gasteiger partial charge in [0, 0.05) is 17.6 Å². The molecule has 8 heteroatoms. The molecule has 0 aromatic carbocycles. The third-order valence-corrected chi connectivity index (χ3v) is 6.32. The van der Waals surface area contributed by atoms with Crippen LogP contribution >= 0.6 is 0 Å². The lowest BCUT2D eigenvalue weighted by Crippen LogP contribution is -2.30. The summed E-state index contributed by atoms with van der Waals surface area (Å²) in [5.74, 6) is 0.422. The molecule has 0 spiro atoms. The minimum atomic E-state index is -0.252. The fourth-order valence-electron chi connectivity index (χ4n) is 4.76. The minimum Gasteiger partial charge on any atom is -0.359 e. The van der Waals surface area contributed by atoms with E-state index in [0.29, 0.717) is 23.0 Å². The van der Waals surface area contributed by atoms with E-state index in [1.807, 2.05) is 6.08 Å². The van der Waals surface area contributed by atoms with Crippen LogP contribution in [0.15, 0.2) is 23.1 Å². The molecule has 1 saturated heterocycles. The molecule has 1 amide bonds. The average Bonchev–Trinajstić information content (AvgIpc) is 3.32. The number of aryl methyl sites for hydroxylation is 1. The monoisotopic (exact) mass is 435 g/mol. The van der Waals surface area contributed by atoms with E-state index in [1.165, 1.54) is 74.8 Å². The van der Waals surface area contributed by atoms with Crippen molar-refractivity contribution in [3.05, 3.63) is 46.3 Å². The van der Waals surface area contributed by atoms with Crippen molar-refractivity contribution >= 4 is 17.7 Å². The highest BCUT2D eigenvalue weighted by Gasteiger charge is 2.27. The number of hydrogen-bond donors (Lipinski definition) is 2. The molecule has 0 unspecified atom stereocenters. The van der Waals surface area contributed by atoms with Crippen LogP contribution in [0, 0.1) is 6.92 Å². The first-order chi connectivity index (χ1) is 15.5. The Morgan fingerprint density at radius 2 is 1.97 bits per heavy atom. The van der Waals surface area contributed by atoms with E-state index in [0.717, 1.165) is 12.1 Å². The number of H-pyrrole nitrogens is 1. The van der Waals surface area contributed by atoms with Gasteiger partial charge in [-0.1, -0.05) is 20.3 Å². The number of unbranched alkanes of at least 4 members (excludes halogenated alkanes) is 1. The molecule has 1 fully saturated rings. The molecular weight excluding hydrogens is 402 g/mol. The maximum atomic E-state index is 12.5. The van der Waals surface area contributed by atoms with E-state index in [1.54, 1.807) is 6.20 Å². The third-order valence-electron chi connectivity index (χ3n) is 6.32. The molecule has 2 aliphatic rings. The molecule has 2 N–H and O–H groups in total. The SMILES string of the molecule is Cc1[nH]c(/C=C2/C(=O)NN=C2c2nccnn2)c(C(C)C)c1CCCCN1CCCCC1. The zero-order valence-electron chi connectivity index (χ0n) is 19.3. The van der Waals surface area contributed by atoms with Crippen LogP contribution in [0.5, 0.6) is 0 Å². The molecule has 32 heavy (non-hydrogen) atoms. The van der Waals surface area contributed by atoms with Gasteiger partial charge in [-0.05, 0) is 81.8 Å². The number of hydrogen-bond acceptors (Lipinski definition) is 6. The highest BCUT2D eigenvalue weighted by molar-refractivity contribution is 6.32. The lowest BCUT2D eigenvalue weighted by atomic mass is 9.93. The van der Waals surface area contributed by atoms with Gasteiger partial charge >= 0.3 is 0 Å². The summed E-state index contributed by atoms with van der Waals surface area (Å²) in [5.41, 5.74) is 8.21. The van der Waals surface area contributed by atoms with Crippen molar-refractivity contribution in [1.29, 1.82) is 0 Å². The van der Waals surface area contributed by atoms with Crippen molar-refractivity contribution in [3.63, 3.8) is 0 Å². The Hall–Kier alpha value is -2.87. The molecule has 0 atom stereocenters. The summed E-state index contributed by atoms with van der Waals surface area (Å²) >= 11 is 0. The van der Waals surface area contributed by atoms with Crippen LogP contribution in [0.3, 0.4) is 0 Å². The van der Waals surface area contributed by atoms with E-state index in [4.69, 9.17) is 0 Å². The Balaban J connectivity index is 1.53. The smallest absolute Gasteiger partial charge is 0.273 e. The molecule has 0 radical (unpaired) electrons. The number of aromatic amines is 1. The molecule has 170 valence electrons. The summed E-state index contributed by atoms with van der Waals surface area (Å²) in [6, 6.07) is 0. The number of piperidine rings is 1. The normalized spacial score (nSPS) is 18.4. The van der Waals surface area contributed by atoms with Crippen molar-refractivity contribution in [1.82, 2.24) is 30.5 Å². The van der Waals surface area contributed by atoms with Gasteiger partial charge in [-0.15, -0.1) is 5.10 Å². The Morgan fingerprint density at radius 1 is 1.16 bits per heavy atom. The Labute approximate surface area is 189 Å². The highest BCUT2D eigenvalue weighted by atomic mass is 16.2. The number of hydrazone groups is 1. The quantitative estimate of drug-likeness (QED) is 0.489. The summed E-state index contributed by atoms with van der Waals surface area (Å²) < 4.78 is 0. The summed E-state index contributed by atoms with van der Waals surface area (Å²) in [6.45, 7) is 10.2. The molecule has 0 saturated carbocycles. The third kappa shape index (κ3) is 4.96. The number of likely N-dealkylation sites (tertiary alicyclic amines) is 1. The molecule has 0 bridgehead atoms. The van der Waals surface area contributed by atoms with Crippen molar-refractivity contribution in [3.8, 4) is 0 Å². The Bertz CT molecular complexity index is 1000. The number of aromatic nitrogens is 4. The van der Waals surface area contributed by atoms with Gasteiger partial charge in [-0.2, -0.15) is 10.2 Å². The number of nitrogens with zero attached hydrogens (tertiary/aromatic N) is 5. The van der Waals surface area contributed by atoms with Crippen LogP contribution in [-0.2, 0) is 11.2 Å². The second-order valence-electron chi connectivity index (χ2n) is 9.00. The number of rotatable bonds is 8. The van der Waals surface area contributed by atoms with E-state index in [-0.39, 0.29) is 5.91 Å². The molecule has 2 aliphatic heterocycles. The molecule has 0 aliphatic carbocycles. The Morgan fingerprint density at radius 3 is 2.69 bits per heavy atom. The van der Waals surface area contributed by atoms with Crippen LogP contribution in [-0.4, -0.2) is 56.3 Å². The van der Waals surface area contributed by atoms with Gasteiger partial charge in [-0.25, -0.2) is 10.4 Å². The van der Waals surface area contributed by atoms with Gasteiger partial charge in [0.25, 0.3) is 5.91 Å². The molecule has 2 aromatic rings. The summed E-state index contributed by atoms with van der Waals surface area (Å²) in [4.78, 5) is 22.8. The molecule has 4 heterocycles. The van der Waals surface area contributed by atoms with Crippen molar-refractivity contribution in [2.24, 2.45) is 5.10 Å². The molecule has 2 aromatic heterocycles. The summed E-state index contributed by atoms with van der Waals surface area (Å²) in [7, 11) is 0. The first-order valence-electron chi connectivity index (χ1n) is 11.7. The van der Waals surface area contributed by atoms with E-state index in [2.05, 4.69) is 56.4 Å². The van der Waals surface area contributed by atoms with Gasteiger partial charge in [-0.3, -0.25) is 4.79 Å². The van der Waals surface area contributed by atoms with E-state index >= 15 is 0 Å². The zero-order valence-corrected chi connectivity index (χ0v) is 19.3. The van der Waals surface area contributed by atoms with Crippen molar-refractivity contribution in [2.75, 3.05) is 19.6 Å². The number of amides is 1. The predicted octanol–water partition coefficient (Wildman–Crippen LogP) is 3.36. The number of carbonyl (C=O) groups is 1. The first-order valence-corrected chi connectivity index (χ1v) is 11.7. The van der Waals surface area contributed by atoms with Crippen LogP contribution in [0.25, 0.3) is 6.08 Å². The predicted molar refractivity (Wildman–Crippen MR) is 125 cm³/mol. The fraction of sp³-hybridized carbons (Fsp3) is 0.542. The summed E-state index contributed by atoms with van der Waals surface area (Å²) in [5, 5.41) is 12.0. The first kappa shape index (κ1) is 22.3. The zero-order chi connectivity index (χ0) is 22.5.